The minimum atomic E-state index is -0.529. The first-order chi connectivity index (χ1) is 10.1. The Morgan fingerprint density at radius 2 is 1.90 bits per heavy atom. The highest BCUT2D eigenvalue weighted by Gasteiger charge is 2.07. The lowest BCUT2D eigenvalue weighted by atomic mass is 10.1. The predicted octanol–water partition coefficient (Wildman–Crippen LogP) is 1.98. The van der Waals surface area contributed by atoms with Crippen LogP contribution in [0.1, 0.15) is 15.9 Å². The Hall–Kier alpha value is -2.82. The van der Waals surface area contributed by atoms with E-state index in [0.717, 1.165) is 5.56 Å². The molecule has 3 N–H and O–H groups in total. The van der Waals surface area contributed by atoms with Gasteiger partial charge in [0.2, 0.25) is 11.8 Å². The highest BCUT2D eigenvalue weighted by Crippen LogP contribution is 2.14. The van der Waals surface area contributed by atoms with Crippen LogP contribution in [0.4, 0.5) is 5.69 Å². The third-order valence-electron chi connectivity index (χ3n) is 2.93. The molecular weight excluding hydrogens is 268 g/mol. The largest absolute Gasteiger partial charge is 0.497 e. The maximum absolute atomic E-state index is 12.0. The summed E-state index contributed by atoms with van der Waals surface area (Å²) >= 11 is 0. The molecule has 0 spiro atoms. The molecule has 0 heterocycles. The second kappa shape index (κ2) is 6.56. The maximum Gasteiger partial charge on any atom is 0.248 e. The van der Waals surface area contributed by atoms with Crippen LogP contribution in [-0.2, 0) is 11.2 Å². The van der Waals surface area contributed by atoms with Crippen LogP contribution < -0.4 is 15.8 Å². The van der Waals surface area contributed by atoms with Gasteiger partial charge in [-0.2, -0.15) is 0 Å². The lowest BCUT2D eigenvalue weighted by Crippen LogP contribution is -2.16. The van der Waals surface area contributed by atoms with E-state index in [2.05, 4.69) is 5.32 Å². The normalized spacial score (nSPS) is 9.95. The second-order valence-corrected chi connectivity index (χ2v) is 4.52. The molecule has 0 saturated heterocycles. The molecule has 2 aromatic rings. The molecule has 0 aliphatic carbocycles. The Labute approximate surface area is 122 Å². The molecule has 0 bridgehead atoms. The molecule has 0 aliphatic heterocycles. The summed E-state index contributed by atoms with van der Waals surface area (Å²) in [5.41, 5.74) is 6.95. The molecule has 2 aromatic carbocycles. The van der Waals surface area contributed by atoms with Crippen molar-refractivity contribution in [2.45, 2.75) is 6.42 Å². The fourth-order valence-electron chi connectivity index (χ4n) is 1.92. The van der Waals surface area contributed by atoms with E-state index in [1.54, 1.807) is 37.4 Å². The third-order valence-corrected chi connectivity index (χ3v) is 2.93. The first kappa shape index (κ1) is 14.6. The van der Waals surface area contributed by atoms with Gasteiger partial charge in [-0.15, -0.1) is 0 Å². The Morgan fingerprint density at radius 1 is 1.14 bits per heavy atom. The van der Waals surface area contributed by atoms with Crippen molar-refractivity contribution in [3.05, 3.63) is 59.7 Å². The molecule has 5 nitrogen and oxygen atoms in total. The van der Waals surface area contributed by atoms with E-state index in [9.17, 15) is 9.59 Å². The molecule has 0 radical (unpaired) electrons. The number of carbonyl (C=O) groups is 2. The van der Waals surface area contributed by atoms with Crippen molar-refractivity contribution < 1.29 is 14.3 Å². The Kier molecular flexibility index (Phi) is 4.56. The van der Waals surface area contributed by atoms with E-state index in [4.69, 9.17) is 10.5 Å². The predicted molar refractivity (Wildman–Crippen MR) is 80.3 cm³/mol. The minimum absolute atomic E-state index is 0.176. The van der Waals surface area contributed by atoms with Gasteiger partial charge in [-0.3, -0.25) is 9.59 Å². The molecule has 0 saturated carbocycles. The average Bonchev–Trinajstić information content (AvgIpc) is 2.47. The summed E-state index contributed by atoms with van der Waals surface area (Å²) in [6.07, 6.45) is 0.220. The smallest absolute Gasteiger partial charge is 0.248 e. The van der Waals surface area contributed by atoms with Gasteiger partial charge < -0.3 is 15.8 Å². The molecule has 0 aliphatic rings. The topological polar surface area (TPSA) is 81.4 Å². The number of carbonyl (C=O) groups excluding carboxylic acids is 2. The molecule has 0 unspecified atom stereocenters. The van der Waals surface area contributed by atoms with Crippen molar-refractivity contribution >= 4 is 17.5 Å². The van der Waals surface area contributed by atoms with Crippen LogP contribution in [0.5, 0.6) is 5.75 Å². The number of amides is 2. The summed E-state index contributed by atoms with van der Waals surface area (Å²) in [7, 11) is 1.58. The van der Waals surface area contributed by atoms with Crippen molar-refractivity contribution in [2.24, 2.45) is 5.73 Å². The Balaban J connectivity index is 2.04. The van der Waals surface area contributed by atoms with E-state index in [1.807, 2.05) is 18.2 Å². The molecule has 0 atom stereocenters. The molecule has 5 heteroatoms. The fourth-order valence-corrected chi connectivity index (χ4v) is 1.92. The first-order valence-corrected chi connectivity index (χ1v) is 6.41. The maximum atomic E-state index is 12.0. The molecule has 2 amide bonds. The summed E-state index contributed by atoms with van der Waals surface area (Å²) in [6, 6.07) is 13.8. The minimum Gasteiger partial charge on any atom is -0.497 e. The summed E-state index contributed by atoms with van der Waals surface area (Å²) in [6.45, 7) is 0. The number of hydrogen-bond donors (Lipinski definition) is 2. The van der Waals surface area contributed by atoms with Gasteiger partial charge in [-0.05, 0) is 35.9 Å². The molecule has 0 fully saturated rings. The van der Waals surface area contributed by atoms with Crippen LogP contribution in [-0.4, -0.2) is 18.9 Å². The second-order valence-electron chi connectivity index (χ2n) is 4.52. The number of nitrogens with two attached hydrogens (primary N) is 1. The average molecular weight is 284 g/mol. The van der Waals surface area contributed by atoms with E-state index in [-0.39, 0.29) is 12.3 Å². The van der Waals surface area contributed by atoms with Gasteiger partial charge in [0.05, 0.1) is 13.5 Å². The number of primary amides is 1. The number of anilines is 1. The highest BCUT2D eigenvalue weighted by molar-refractivity contribution is 5.96. The van der Waals surface area contributed by atoms with Crippen molar-refractivity contribution in [3.63, 3.8) is 0 Å². The van der Waals surface area contributed by atoms with Gasteiger partial charge in [0.1, 0.15) is 5.75 Å². The standard InChI is InChI=1S/C16H16N2O3/c1-21-14-7-2-4-11(8-14)9-15(19)18-13-6-3-5-12(10-13)16(17)20/h2-8,10H,9H2,1H3,(H2,17,20)(H,18,19). The lowest BCUT2D eigenvalue weighted by Gasteiger charge is -2.07. The number of ether oxygens (including phenoxy) is 1. The first-order valence-electron chi connectivity index (χ1n) is 6.41. The molecule has 108 valence electrons. The monoisotopic (exact) mass is 284 g/mol. The van der Waals surface area contributed by atoms with Crippen molar-refractivity contribution in [3.8, 4) is 5.75 Å². The fraction of sp³-hybridized carbons (Fsp3) is 0.125. The Morgan fingerprint density at radius 3 is 2.62 bits per heavy atom. The van der Waals surface area contributed by atoms with Crippen LogP contribution >= 0.6 is 0 Å². The van der Waals surface area contributed by atoms with Gasteiger partial charge >= 0.3 is 0 Å². The molecule has 21 heavy (non-hydrogen) atoms. The van der Waals surface area contributed by atoms with Crippen LogP contribution in [0, 0.1) is 0 Å². The van der Waals surface area contributed by atoms with Crippen LogP contribution in [0.2, 0.25) is 0 Å². The van der Waals surface area contributed by atoms with Crippen LogP contribution in [0.15, 0.2) is 48.5 Å². The van der Waals surface area contributed by atoms with Gasteiger partial charge in [-0.25, -0.2) is 0 Å². The quantitative estimate of drug-likeness (QED) is 0.880. The number of rotatable bonds is 5. The van der Waals surface area contributed by atoms with Crippen molar-refractivity contribution in [1.82, 2.24) is 0 Å². The van der Waals surface area contributed by atoms with Gasteiger partial charge in [0, 0.05) is 11.3 Å². The zero-order valence-corrected chi connectivity index (χ0v) is 11.6. The summed E-state index contributed by atoms with van der Waals surface area (Å²) in [5.74, 6) is -0.000191. The summed E-state index contributed by atoms with van der Waals surface area (Å²) < 4.78 is 5.11. The van der Waals surface area contributed by atoms with E-state index in [0.29, 0.717) is 17.0 Å². The van der Waals surface area contributed by atoms with Crippen molar-refractivity contribution in [1.29, 1.82) is 0 Å². The number of nitrogens with one attached hydrogen (secondary N) is 1. The number of benzene rings is 2. The van der Waals surface area contributed by atoms with Gasteiger partial charge in [-0.1, -0.05) is 18.2 Å². The molecule has 2 rings (SSSR count). The summed E-state index contributed by atoms with van der Waals surface area (Å²) in [5, 5.41) is 2.74. The van der Waals surface area contributed by atoms with Crippen LogP contribution in [0.3, 0.4) is 0 Å². The van der Waals surface area contributed by atoms with Gasteiger partial charge in [0.25, 0.3) is 0 Å². The highest BCUT2D eigenvalue weighted by atomic mass is 16.5. The SMILES string of the molecule is COc1cccc(CC(=O)Nc2cccc(C(N)=O)c2)c1. The summed E-state index contributed by atoms with van der Waals surface area (Å²) in [4.78, 5) is 23.1. The van der Waals surface area contributed by atoms with Crippen molar-refractivity contribution in [2.75, 3.05) is 12.4 Å². The zero-order chi connectivity index (χ0) is 15.2. The Bertz CT molecular complexity index is 668. The molecular formula is C16H16N2O3. The zero-order valence-electron chi connectivity index (χ0n) is 11.6. The van der Waals surface area contributed by atoms with E-state index >= 15 is 0 Å². The van der Waals surface area contributed by atoms with E-state index < -0.39 is 5.91 Å². The van der Waals surface area contributed by atoms with E-state index in [1.165, 1.54) is 0 Å². The van der Waals surface area contributed by atoms with Gasteiger partial charge in [0.15, 0.2) is 0 Å². The lowest BCUT2D eigenvalue weighted by molar-refractivity contribution is -0.115. The van der Waals surface area contributed by atoms with Crippen LogP contribution in [0.25, 0.3) is 0 Å². The third kappa shape index (κ3) is 4.07. The number of methoxy groups -OCH3 is 1. The number of hydrogen-bond acceptors (Lipinski definition) is 3. The molecule has 0 aromatic heterocycles.